The van der Waals surface area contributed by atoms with E-state index in [0.29, 0.717) is 5.69 Å². The Morgan fingerprint density at radius 3 is 2.38 bits per heavy atom. The van der Waals surface area contributed by atoms with Crippen LogP contribution >= 0.6 is 11.3 Å². The van der Waals surface area contributed by atoms with Gasteiger partial charge in [0.05, 0.1) is 19.0 Å². The van der Waals surface area contributed by atoms with E-state index in [9.17, 15) is 9.59 Å². The molecule has 0 atom stereocenters. The molecule has 3 rings (SSSR count). The van der Waals surface area contributed by atoms with Gasteiger partial charge >= 0.3 is 5.97 Å². The van der Waals surface area contributed by atoms with E-state index in [4.69, 9.17) is 4.74 Å². The van der Waals surface area contributed by atoms with Gasteiger partial charge in [0.25, 0.3) is 5.56 Å². The summed E-state index contributed by atoms with van der Waals surface area (Å²) in [5.41, 5.74) is 2.06. The van der Waals surface area contributed by atoms with E-state index in [1.165, 1.54) is 17.9 Å². The second-order valence-corrected chi connectivity index (χ2v) is 7.03. The van der Waals surface area contributed by atoms with Crippen LogP contribution in [0.15, 0.2) is 87.2 Å². The third kappa shape index (κ3) is 5.46. The first-order chi connectivity index (χ1) is 14.1. The van der Waals surface area contributed by atoms with E-state index in [1.807, 2.05) is 61.5 Å². The molecule has 0 saturated heterocycles. The van der Waals surface area contributed by atoms with E-state index in [1.54, 1.807) is 18.3 Å². The summed E-state index contributed by atoms with van der Waals surface area (Å²) in [5, 5.41) is 4.30. The number of para-hydroxylation sites is 1. The lowest BCUT2D eigenvalue weighted by atomic mass is 10.1. The van der Waals surface area contributed by atoms with Crippen molar-refractivity contribution in [3.8, 4) is 0 Å². The number of esters is 1. The fraction of sp³-hybridized carbons (Fsp3) is 0.0909. The van der Waals surface area contributed by atoms with Crippen LogP contribution < -0.4 is 10.4 Å². The van der Waals surface area contributed by atoms with Crippen molar-refractivity contribution in [1.82, 2.24) is 4.68 Å². The zero-order valence-electron chi connectivity index (χ0n) is 16.0. The molecular formula is C22H19N3O3S. The zero-order valence-corrected chi connectivity index (χ0v) is 16.8. The molecule has 0 spiro atoms. The molecule has 0 amide bonds. The molecule has 0 bridgehead atoms. The lowest BCUT2D eigenvalue weighted by molar-refractivity contribution is 0.0606. The Morgan fingerprint density at radius 2 is 1.72 bits per heavy atom. The molecule has 3 aromatic rings. The number of carbonyl (C=O) groups is 1. The number of benzene rings is 2. The van der Waals surface area contributed by atoms with Crippen LogP contribution in [0.5, 0.6) is 0 Å². The third-order valence-electron chi connectivity index (χ3n) is 3.78. The van der Waals surface area contributed by atoms with Gasteiger partial charge in [0.2, 0.25) is 4.80 Å². The Bertz CT molecular complexity index is 1180. The van der Waals surface area contributed by atoms with Crippen LogP contribution in [-0.4, -0.2) is 24.0 Å². The number of ether oxygens (including phenoxy) is 1. The molecule has 0 saturated carbocycles. The molecule has 1 aromatic heterocycles. The van der Waals surface area contributed by atoms with E-state index in [-0.39, 0.29) is 9.68 Å². The molecule has 6 nitrogen and oxygen atoms in total. The number of rotatable bonds is 5. The fourth-order valence-electron chi connectivity index (χ4n) is 2.43. The minimum Gasteiger partial charge on any atom is -0.465 e. The molecule has 0 aliphatic carbocycles. The SMILES string of the molecule is COC(=O)c1cc(=O)n(/N=C/C(C)=C/c2ccccc2)c(=Nc2ccccc2)s1. The number of hydrogen-bond acceptors (Lipinski definition) is 6. The summed E-state index contributed by atoms with van der Waals surface area (Å²) in [7, 11) is 1.27. The highest BCUT2D eigenvalue weighted by Crippen LogP contribution is 2.10. The first kappa shape index (κ1) is 20.2. The number of methoxy groups -OCH3 is 1. The average molecular weight is 405 g/mol. The molecule has 0 unspecified atom stereocenters. The van der Waals surface area contributed by atoms with Crippen molar-refractivity contribution in [2.45, 2.75) is 6.92 Å². The van der Waals surface area contributed by atoms with Gasteiger partial charge in [0, 0.05) is 6.07 Å². The maximum Gasteiger partial charge on any atom is 0.348 e. The predicted molar refractivity (Wildman–Crippen MR) is 116 cm³/mol. The van der Waals surface area contributed by atoms with Gasteiger partial charge in [-0.25, -0.2) is 9.79 Å². The summed E-state index contributed by atoms with van der Waals surface area (Å²) in [4.78, 5) is 29.4. The maximum absolute atomic E-state index is 12.6. The number of carbonyl (C=O) groups excluding carboxylic acids is 1. The standard InChI is InChI=1S/C22H19N3O3S/c1-16(13-17-9-5-3-6-10-17)15-23-25-20(26)14-19(21(27)28-2)29-22(25)24-18-11-7-4-8-12-18/h3-15H,1-2H3/b16-13+,23-15+,24-22?. The topological polar surface area (TPSA) is 73.0 Å². The summed E-state index contributed by atoms with van der Waals surface area (Å²) < 4.78 is 5.91. The lowest BCUT2D eigenvalue weighted by Gasteiger charge is -2.03. The Labute approximate surface area is 171 Å². The summed E-state index contributed by atoms with van der Waals surface area (Å²) in [6, 6.07) is 20.2. The lowest BCUT2D eigenvalue weighted by Crippen LogP contribution is -2.29. The van der Waals surface area contributed by atoms with Crippen LogP contribution in [0.4, 0.5) is 5.69 Å². The van der Waals surface area contributed by atoms with Gasteiger partial charge < -0.3 is 4.74 Å². The molecule has 29 heavy (non-hydrogen) atoms. The van der Waals surface area contributed by atoms with Crippen molar-refractivity contribution >= 4 is 35.3 Å². The number of hydrogen-bond donors (Lipinski definition) is 0. The van der Waals surface area contributed by atoms with Crippen molar-refractivity contribution in [3.63, 3.8) is 0 Å². The quantitative estimate of drug-likeness (QED) is 0.478. The highest BCUT2D eigenvalue weighted by Gasteiger charge is 2.11. The van der Waals surface area contributed by atoms with Crippen molar-refractivity contribution in [2.24, 2.45) is 10.1 Å². The minimum absolute atomic E-state index is 0.162. The van der Waals surface area contributed by atoms with E-state index in [0.717, 1.165) is 22.5 Å². The Balaban J connectivity index is 2.08. The molecule has 146 valence electrons. The van der Waals surface area contributed by atoms with Crippen LogP contribution in [0.1, 0.15) is 22.2 Å². The zero-order chi connectivity index (χ0) is 20.6. The van der Waals surface area contributed by atoms with Gasteiger partial charge in [-0.3, -0.25) is 4.79 Å². The summed E-state index contributed by atoms with van der Waals surface area (Å²) >= 11 is 1.03. The fourth-order valence-corrected chi connectivity index (χ4v) is 3.33. The number of allylic oxidation sites excluding steroid dienone is 1. The second kappa shape index (κ2) is 9.57. The first-order valence-electron chi connectivity index (χ1n) is 8.80. The highest BCUT2D eigenvalue weighted by atomic mass is 32.1. The molecule has 0 aliphatic heterocycles. The van der Waals surface area contributed by atoms with Gasteiger partial charge in [-0.15, -0.1) is 0 Å². The van der Waals surface area contributed by atoms with Crippen molar-refractivity contribution in [2.75, 3.05) is 7.11 Å². The summed E-state index contributed by atoms with van der Waals surface area (Å²) in [6.07, 6.45) is 3.54. The molecule has 0 fully saturated rings. The molecule has 1 heterocycles. The third-order valence-corrected chi connectivity index (χ3v) is 4.74. The maximum atomic E-state index is 12.6. The average Bonchev–Trinajstić information content (AvgIpc) is 2.74. The van der Waals surface area contributed by atoms with Gasteiger partial charge in [0.1, 0.15) is 4.88 Å². The predicted octanol–water partition coefficient (Wildman–Crippen LogP) is 3.87. The van der Waals surface area contributed by atoms with Crippen LogP contribution in [0, 0.1) is 0 Å². The van der Waals surface area contributed by atoms with Crippen LogP contribution in [0.2, 0.25) is 0 Å². The molecule has 2 aromatic carbocycles. The second-order valence-electron chi connectivity index (χ2n) is 6.03. The molecule has 7 heteroatoms. The summed E-state index contributed by atoms with van der Waals surface area (Å²) in [5.74, 6) is -0.590. The number of nitrogens with zero attached hydrogens (tertiary/aromatic N) is 3. The Morgan fingerprint density at radius 1 is 1.07 bits per heavy atom. The van der Waals surface area contributed by atoms with Gasteiger partial charge in [0.15, 0.2) is 0 Å². The largest absolute Gasteiger partial charge is 0.465 e. The number of aromatic nitrogens is 1. The van der Waals surface area contributed by atoms with Crippen molar-refractivity contribution in [3.05, 3.63) is 97.9 Å². The van der Waals surface area contributed by atoms with Gasteiger partial charge in [-0.2, -0.15) is 9.78 Å². The Hall–Kier alpha value is -3.58. The van der Waals surface area contributed by atoms with Crippen molar-refractivity contribution in [1.29, 1.82) is 0 Å². The first-order valence-corrected chi connectivity index (χ1v) is 9.61. The van der Waals surface area contributed by atoms with E-state index >= 15 is 0 Å². The Kier molecular flexibility index (Phi) is 6.65. The molecule has 0 aliphatic rings. The van der Waals surface area contributed by atoms with Gasteiger partial charge in [-0.05, 0) is 30.2 Å². The van der Waals surface area contributed by atoms with Crippen LogP contribution in [0.25, 0.3) is 6.08 Å². The van der Waals surface area contributed by atoms with E-state index in [2.05, 4.69) is 10.1 Å². The summed E-state index contributed by atoms with van der Waals surface area (Å²) in [6.45, 7) is 1.89. The normalized spacial score (nSPS) is 12.3. The highest BCUT2D eigenvalue weighted by molar-refractivity contribution is 7.11. The molecule has 0 N–H and O–H groups in total. The smallest absolute Gasteiger partial charge is 0.348 e. The van der Waals surface area contributed by atoms with Crippen LogP contribution in [-0.2, 0) is 4.74 Å². The monoisotopic (exact) mass is 405 g/mol. The molecule has 0 radical (unpaired) electrons. The van der Waals surface area contributed by atoms with Crippen molar-refractivity contribution < 1.29 is 9.53 Å². The van der Waals surface area contributed by atoms with Gasteiger partial charge in [-0.1, -0.05) is 65.9 Å². The van der Waals surface area contributed by atoms with E-state index < -0.39 is 11.5 Å². The minimum atomic E-state index is -0.590. The van der Waals surface area contributed by atoms with Crippen LogP contribution in [0.3, 0.4) is 0 Å². The molecular weight excluding hydrogens is 386 g/mol.